The molecule has 1 aliphatic carbocycles. The van der Waals surface area contributed by atoms with E-state index in [1.807, 2.05) is 120 Å². The molecule has 1 aliphatic rings. The van der Waals surface area contributed by atoms with E-state index in [1.54, 1.807) is 7.05 Å². The monoisotopic (exact) mass is 510 g/mol. The van der Waals surface area contributed by atoms with Crippen LogP contribution in [0.1, 0.15) is 107 Å². The van der Waals surface area contributed by atoms with Crippen molar-refractivity contribution >= 4 is 17.1 Å². The van der Waals surface area contributed by atoms with Crippen LogP contribution in [0.3, 0.4) is 0 Å². The molecule has 0 atom stereocenters. The predicted molar refractivity (Wildman–Crippen MR) is 179 cm³/mol. The first kappa shape index (κ1) is 44.3. The lowest BCUT2D eigenvalue weighted by molar-refractivity contribution is 1.14. The molecule has 2 aromatic rings. The fraction of sp³-hybridized carbons (Fsp3) is 0.486. The predicted octanol–water partition coefficient (Wildman–Crippen LogP) is 12.0. The first-order valence-electron chi connectivity index (χ1n) is 14.6. The molecule has 0 saturated carbocycles. The second-order valence-electron chi connectivity index (χ2n) is 6.03. The van der Waals surface area contributed by atoms with Crippen molar-refractivity contribution in [2.75, 3.05) is 7.05 Å². The number of nitrogens with zero attached hydrogens (tertiary/aromatic N) is 2. The Morgan fingerprint density at radius 1 is 0.486 bits per heavy atom. The van der Waals surface area contributed by atoms with Gasteiger partial charge in [0.2, 0.25) is 0 Å². The highest BCUT2D eigenvalue weighted by Crippen LogP contribution is 2.14. The van der Waals surface area contributed by atoms with Crippen LogP contribution >= 0.6 is 0 Å². The molecular formula is C35H62N2. The maximum absolute atomic E-state index is 4.52. The van der Waals surface area contributed by atoms with Gasteiger partial charge in [-0.3, -0.25) is 4.99 Å². The summed E-state index contributed by atoms with van der Waals surface area (Å²) in [5.41, 5.74) is 6.91. The third kappa shape index (κ3) is 26.1. The van der Waals surface area contributed by atoms with Crippen LogP contribution in [0.4, 0.5) is 5.69 Å². The topological polar surface area (TPSA) is 24.7 Å². The van der Waals surface area contributed by atoms with Gasteiger partial charge >= 0.3 is 0 Å². The Balaban J connectivity index is -0.000000139. The van der Waals surface area contributed by atoms with Crippen molar-refractivity contribution in [2.45, 2.75) is 110 Å². The van der Waals surface area contributed by atoms with Crippen LogP contribution in [0.15, 0.2) is 82.8 Å². The molecule has 2 aromatic carbocycles. The van der Waals surface area contributed by atoms with Crippen LogP contribution in [0.25, 0.3) is 0 Å². The van der Waals surface area contributed by atoms with Gasteiger partial charge in [-0.15, -0.1) is 0 Å². The summed E-state index contributed by atoms with van der Waals surface area (Å²) < 4.78 is 0. The molecule has 0 saturated heterocycles. The molecule has 2 nitrogen and oxygen atoms in total. The van der Waals surface area contributed by atoms with Gasteiger partial charge in [0.1, 0.15) is 0 Å². The molecule has 0 amide bonds. The molecule has 0 bridgehead atoms. The van der Waals surface area contributed by atoms with Crippen molar-refractivity contribution in [3.63, 3.8) is 0 Å². The van der Waals surface area contributed by atoms with E-state index in [1.165, 1.54) is 16.7 Å². The summed E-state index contributed by atoms with van der Waals surface area (Å²) in [6.45, 7) is 30.4. The van der Waals surface area contributed by atoms with Gasteiger partial charge in [0, 0.05) is 7.05 Å². The minimum Gasteiger partial charge on any atom is -0.289 e. The van der Waals surface area contributed by atoms with Gasteiger partial charge in [-0.25, -0.2) is 4.99 Å². The molecule has 2 heteroatoms. The first-order valence-corrected chi connectivity index (χ1v) is 14.6. The lowest BCUT2D eigenvalue weighted by atomic mass is 10.1. The highest BCUT2D eigenvalue weighted by Gasteiger charge is 1.98. The summed E-state index contributed by atoms with van der Waals surface area (Å²) >= 11 is 0. The van der Waals surface area contributed by atoms with Crippen LogP contribution < -0.4 is 0 Å². The second-order valence-corrected chi connectivity index (χ2v) is 6.03. The molecule has 0 radical (unpaired) electrons. The molecule has 0 aliphatic heterocycles. The van der Waals surface area contributed by atoms with E-state index in [0.717, 1.165) is 23.5 Å². The SMILES string of the molecule is CC.CC.CC.CC.CC.CC.CCc1ccc(C)cc1.CN=C1C=CC(=Nc2ccc(C)cc2)C=C1. The molecule has 0 spiro atoms. The molecule has 0 unspecified atom stereocenters. The zero-order valence-electron chi connectivity index (χ0n) is 27.5. The summed E-state index contributed by atoms with van der Waals surface area (Å²) in [6, 6.07) is 16.8. The van der Waals surface area contributed by atoms with Crippen LogP contribution in [-0.4, -0.2) is 18.5 Å². The maximum atomic E-state index is 4.52. The maximum Gasteiger partial charge on any atom is 0.0638 e. The van der Waals surface area contributed by atoms with E-state index in [9.17, 15) is 0 Å². The summed E-state index contributed by atoms with van der Waals surface area (Å²) in [6.07, 6.45) is 9.02. The van der Waals surface area contributed by atoms with Crippen molar-refractivity contribution in [3.05, 3.63) is 89.5 Å². The number of benzene rings is 2. The van der Waals surface area contributed by atoms with Crippen molar-refractivity contribution in [2.24, 2.45) is 9.98 Å². The van der Waals surface area contributed by atoms with E-state index in [0.29, 0.717) is 0 Å². The average Bonchev–Trinajstić information content (AvgIpc) is 3.01. The Kier molecular flexibility index (Phi) is 45.2. The summed E-state index contributed by atoms with van der Waals surface area (Å²) in [5, 5.41) is 0. The molecule has 0 heterocycles. The Morgan fingerprint density at radius 3 is 1.14 bits per heavy atom. The second kappa shape index (κ2) is 37.8. The molecule has 0 fully saturated rings. The van der Waals surface area contributed by atoms with Gasteiger partial charge in [0.15, 0.2) is 0 Å². The fourth-order valence-electron chi connectivity index (χ4n) is 2.27. The number of allylic oxidation sites excluding steroid dienone is 4. The Hall–Kier alpha value is -2.74. The van der Waals surface area contributed by atoms with Crippen molar-refractivity contribution in [3.8, 4) is 0 Å². The van der Waals surface area contributed by atoms with Gasteiger partial charge in [0.05, 0.1) is 17.1 Å². The largest absolute Gasteiger partial charge is 0.289 e. The van der Waals surface area contributed by atoms with Crippen LogP contribution in [0.5, 0.6) is 0 Å². The van der Waals surface area contributed by atoms with Gasteiger partial charge in [-0.1, -0.05) is 138 Å². The third-order valence-corrected chi connectivity index (χ3v) is 3.93. The van der Waals surface area contributed by atoms with E-state index in [-0.39, 0.29) is 0 Å². The van der Waals surface area contributed by atoms with Crippen LogP contribution in [0, 0.1) is 13.8 Å². The van der Waals surface area contributed by atoms with Gasteiger partial charge in [-0.05, 0) is 62.3 Å². The lowest BCUT2D eigenvalue weighted by Gasteiger charge is -2.01. The molecule has 0 N–H and O–H groups in total. The summed E-state index contributed by atoms with van der Waals surface area (Å²) in [7, 11) is 1.78. The smallest absolute Gasteiger partial charge is 0.0638 e. The summed E-state index contributed by atoms with van der Waals surface area (Å²) in [4.78, 5) is 8.60. The van der Waals surface area contributed by atoms with Crippen molar-refractivity contribution in [1.29, 1.82) is 0 Å². The minimum atomic E-state index is 0.955. The van der Waals surface area contributed by atoms with Gasteiger partial charge < -0.3 is 0 Å². The Labute approximate surface area is 233 Å². The van der Waals surface area contributed by atoms with Crippen LogP contribution in [0.2, 0.25) is 0 Å². The zero-order valence-corrected chi connectivity index (χ0v) is 27.5. The van der Waals surface area contributed by atoms with E-state index in [4.69, 9.17) is 0 Å². The zero-order chi connectivity index (χ0) is 30.1. The van der Waals surface area contributed by atoms with E-state index >= 15 is 0 Å². The number of aliphatic imine (C=N–C) groups is 2. The number of aryl methyl sites for hydroxylation is 3. The molecule has 3 rings (SSSR count). The first-order chi connectivity index (χ1) is 18.1. The normalized spacial score (nSPS) is 9.41. The molecular weight excluding hydrogens is 448 g/mol. The Morgan fingerprint density at radius 2 is 0.811 bits per heavy atom. The van der Waals surface area contributed by atoms with Gasteiger partial charge in [-0.2, -0.15) is 0 Å². The highest BCUT2D eigenvalue weighted by atomic mass is 14.7. The Bertz CT molecular complexity index is 772. The van der Waals surface area contributed by atoms with E-state index < -0.39 is 0 Å². The van der Waals surface area contributed by atoms with Crippen molar-refractivity contribution < 1.29 is 0 Å². The minimum absolute atomic E-state index is 0.955. The number of rotatable bonds is 2. The number of hydrogen-bond acceptors (Lipinski definition) is 2. The van der Waals surface area contributed by atoms with Gasteiger partial charge in [0.25, 0.3) is 0 Å². The molecule has 37 heavy (non-hydrogen) atoms. The third-order valence-electron chi connectivity index (χ3n) is 3.93. The fourth-order valence-corrected chi connectivity index (χ4v) is 2.27. The quantitative estimate of drug-likeness (QED) is 0.359. The highest BCUT2D eigenvalue weighted by molar-refractivity contribution is 6.18. The lowest BCUT2D eigenvalue weighted by Crippen LogP contribution is -1.99. The standard InChI is InChI=1S/C14H14N2.C9H12.6C2H6/c1-11-3-5-13(6-4-11)16-14-9-7-12(15-2)8-10-14;1-3-9-6-4-8(2)5-7-9;6*1-2/h3-10H,1-2H3;4-7H,3H2,1-2H3;6*1-2H3. The molecule has 0 aromatic heterocycles. The number of hydrogen-bond donors (Lipinski definition) is 0. The molecule has 212 valence electrons. The van der Waals surface area contributed by atoms with Crippen LogP contribution in [-0.2, 0) is 6.42 Å². The van der Waals surface area contributed by atoms with E-state index in [2.05, 4.69) is 67.2 Å². The summed E-state index contributed by atoms with van der Waals surface area (Å²) in [5.74, 6) is 0. The van der Waals surface area contributed by atoms with Crippen molar-refractivity contribution in [1.82, 2.24) is 0 Å². The average molecular weight is 511 g/mol.